The Balaban J connectivity index is 1.22. The number of rotatable bonds is 3. The molecular weight excluding hydrogens is 260 g/mol. The number of morpholine rings is 1. The minimum atomic E-state index is 0.434. The summed E-state index contributed by atoms with van der Waals surface area (Å²) in [5, 5.41) is 3.85. The standard InChI is InChI=1S/C18H32N2O/c1-2-5-15-10-16(8-7-14(15)4-1)19-11-18-12-20-9-3-6-17(20)13-21-18/h14-19H,1-13H2. The average Bonchev–Trinajstić information content (AvgIpc) is 3.00. The van der Waals surface area contributed by atoms with Gasteiger partial charge < -0.3 is 10.1 Å². The first-order chi connectivity index (χ1) is 10.4. The summed E-state index contributed by atoms with van der Waals surface area (Å²) >= 11 is 0. The molecule has 5 atom stereocenters. The Bertz CT molecular complexity index is 348. The molecule has 120 valence electrons. The number of fused-ring (bicyclic) bond motifs is 2. The van der Waals surface area contributed by atoms with Gasteiger partial charge in [-0.25, -0.2) is 0 Å². The van der Waals surface area contributed by atoms with Crippen molar-refractivity contribution in [3.05, 3.63) is 0 Å². The zero-order valence-electron chi connectivity index (χ0n) is 13.4. The van der Waals surface area contributed by atoms with Gasteiger partial charge in [-0.2, -0.15) is 0 Å². The first kappa shape index (κ1) is 14.5. The van der Waals surface area contributed by atoms with Crippen molar-refractivity contribution in [1.82, 2.24) is 10.2 Å². The fourth-order valence-corrected chi connectivity index (χ4v) is 5.37. The van der Waals surface area contributed by atoms with Crippen molar-refractivity contribution in [2.45, 2.75) is 76.0 Å². The Morgan fingerprint density at radius 3 is 2.81 bits per heavy atom. The summed E-state index contributed by atoms with van der Waals surface area (Å²) in [4.78, 5) is 2.66. The Kier molecular flexibility index (Phi) is 4.52. The molecule has 0 bridgehead atoms. The van der Waals surface area contributed by atoms with Crippen LogP contribution in [0.25, 0.3) is 0 Å². The molecule has 0 aromatic rings. The van der Waals surface area contributed by atoms with Crippen LogP contribution < -0.4 is 5.32 Å². The van der Waals surface area contributed by atoms with Crippen LogP contribution in [0.2, 0.25) is 0 Å². The molecule has 2 saturated heterocycles. The van der Waals surface area contributed by atoms with Crippen LogP contribution in [0.3, 0.4) is 0 Å². The van der Waals surface area contributed by atoms with Gasteiger partial charge in [0.2, 0.25) is 0 Å². The van der Waals surface area contributed by atoms with Gasteiger partial charge in [-0.15, -0.1) is 0 Å². The summed E-state index contributed by atoms with van der Waals surface area (Å²) in [6, 6.07) is 1.50. The monoisotopic (exact) mass is 292 g/mol. The van der Waals surface area contributed by atoms with Crippen LogP contribution in [-0.4, -0.2) is 49.3 Å². The quantitative estimate of drug-likeness (QED) is 0.865. The van der Waals surface area contributed by atoms with Crippen molar-refractivity contribution in [2.24, 2.45) is 11.8 Å². The number of ether oxygens (including phenoxy) is 1. The summed E-state index contributed by atoms with van der Waals surface area (Å²) in [6.45, 7) is 4.52. The van der Waals surface area contributed by atoms with E-state index in [1.165, 1.54) is 64.3 Å². The Labute approximate surface area is 129 Å². The maximum atomic E-state index is 6.09. The van der Waals surface area contributed by atoms with Gasteiger partial charge >= 0.3 is 0 Å². The molecule has 1 N–H and O–H groups in total. The highest BCUT2D eigenvalue weighted by molar-refractivity contribution is 4.89. The number of nitrogens with zero attached hydrogens (tertiary/aromatic N) is 1. The lowest BCUT2D eigenvalue weighted by Crippen LogP contribution is -2.51. The number of hydrogen-bond acceptors (Lipinski definition) is 3. The lowest BCUT2D eigenvalue weighted by atomic mass is 9.69. The second-order valence-electron chi connectivity index (χ2n) is 7.97. The SMILES string of the molecule is C1CCC2CC(NCC3CN4CCCC4CO3)CCC2C1. The van der Waals surface area contributed by atoms with Crippen molar-refractivity contribution < 1.29 is 4.74 Å². The molecule has 4 fully saturated rings. The van der Waals surface area contributed by atoms with Crippen molar-refractivity contribution in [3.8, 4) is 0 Å². The van der Waals surface area contributed by atoms with Gasteiger partial charge in [-0.3, -0.25) is 4.90 Å². The fraction of sp³-hybridized carbons (Fsp3) is 1.00. The topological polar surface area (TPSA) is 24.5 Å². The molecule has 0 spiro atoms. The van der Waals surface area contributed by atoms with Gasteiger partial charge in [0, 0.05) is 25.2 Å². The molecule has 3 nitrogen and oxygen atoms in total. The third-order valence-electron chi connectivity index (χ3n) is 6.64. The van der Waals surface area contributed by atoms with E-state index in [0.29, 0.717) is 6.10 Å². The molecule has 0 radical (unpaired) electrons. The zero-order chi connectivity index (χ0) is 14.1. The molecule has 21 heavy (non-hydrogen) atoms. The van der Waals surface area contributed by atoms with E-state index in [2.05, 4.69) is 10.2 Å². The van der Waals surface area contributed by atoms with Gasteiger partial charge in [-0.1, -0.05) is 25.7 Å². The largest absolute Gasteiger partial charge is 0.374 e. The van der Waals surface area contributed by atoms with E-state index in [1.807, 2.05) is 0 Å². The van der Waals surface area contributed by atoms with Crippen molar-refractivity contribution in [3.63, 3.8) is 0 Å². The van der Waals surface area contributed by atoms with Crippen LogP contribution in [0.1, 0.15) is 57.8 Å². The molecule has 0 amide bonds. The highest BCUT2D eigenvalue weighted by atomic mass is 16.5. The van der Waals surface area contributed by atoms with Gasteiger partial charge in [-0.05, 0) is 50.5 Å². The molecule has 2 saturated carbocycles. The summed E-state index contributed by atoms with van der Waals surface area (Å²) in [6.07, 6.45) is 13.5. The predicted octanol–water partition coefficient (Wildman–Crippen LogP) is 2.80. The van der Waals surface area contributed by atoms with Crippen molar-refractivity contribution in [1.29, 1.82) is 0 Å². The average molecular weight is 292 g/mol. The second kappa shape index (κ2) is 6.55. The summed E-state index contributed by atoms with van der Waals surface area (Å²) in [7, 11) is 0. The molecule has 2 heterocycles. The molecule has 5 unspecified atom stereocenters. The second-order valence-corrected chi connectivity index (χ2v) is 7.97. The molecule has 4 aliphatic rings. The van der Waals surface area contributed by atoms with E-state index in [0.717, 1.165) is 43.6 Å². The van der Waals surface area contributed by atoms with Gasteiger partial charge in [0.1, 0.15) is 0 Å². The van der Waals surface area contributed by atoms with Crippen molar-refractivity contribution >= 4 is 0 Å². The Hall–Kier alpha value is -0.120. The summed E-state index contributed by atoms with van der Waals surface area (Å²) < 4.78 is 6.09. The van der Waals surface area contributed by atoms with Gasteiger partial charge in [0.05, 0.1) is 12.7 Å². The normalized spacial score (nSPS) is 44.3. The van der Waals surface area contributed by atoms with Crippen LogP contribution in [0.15, 0.2) is 0 Å². The van der Waals surface area contributed by atoms with Crippen LogP contribution >= 0.6 is 0 Å². The molecule has 2 aliphatic carbocycles. The molecular formula is C18H32N2O. The van der Waals surface area contributed by atoms with E-state index in [1.54, 1.807) is 0 Å². The van der Waals surface area contributed by atoms with Gasteiger partial charge in [0.25, 0.3) is 0 Å². The summed E-state index contributed by atoms with van der Waals surface area (Å²) in [5.41, 5.74) is 0. The van der Waals surface area contributed by atoms with Crippen LogP contribution in [0.4, 0.5) is 0 Å². The Morgan fingerprint density at radius 2 is 1.86 bits per heavy atom. The summed E-state index contributed by atoms with van der Waals surface area (Å²) in [5.74, 6) is 2.09. The fourth-order valence-electron chi connectivity index (χ4n) is 5.37. The van der Waals surface area contributed by atoms with E-state index < -0.39 is 0 Å². The highest BCUT2D eigenvalue weighted by Gasteiger charge is 2.34. The zero-order valence-corrected chi connectivity index (χ0v) is 13.4. The van der Waals surface area contributed by atoms with E-state index in [9.17, 15) is 0 Å². The Morgan fingerprint density at radius 1 is 0.952 bits per heavy atom. The van der Waals surface area contributed by atoms with Crippen LogP contribution in [0.5, 0.6) is 0 Å². The lowest BCUT2D eigenvalue weighted by molar-refractivity contribution is -0.0488. The maximum Gasteiger partial charge on any atom is 0.0827 e. The third kappa shape index (κ3) is 3.30. The predicted molar refractivity (Wildman–Crippen MR) is 85.4 cm³/mol. The van der Waals surface area contributed by atoms with E-state index in [4.69, 9.17) is 4.74 Å². The minimum Gasteiger partial charge on any atom is -0.374 e. The highest BCUT2D eigenvalue weighted by Crippen LogP contribution is 2.40. The van der Waals surface area contributed by atoms with Crippen molar-refractivity contribution in [2.75, 3.05) is 26.2 Å². The maximum absolute atomic E-state index is 6.09. The van der Waals surface area contributed by atoms with Crippen LogP contribution in [0, 0.1) is 11.8 Å². The molecule has 0 aromatic heterocycles. The molecule has 2 aliphatic heterocycles. The smallest absolute Gasteiger partial charge is 0.0827 e. The molecule has 0 aromatic carbocycles. The van der Waals surface area contributed by atoms with E-state index >= 15 is 0 Å². The molecule has 4 rings (SSSR count). The first-order valence-electron chi connectivity index (χ1n) is 9.47. The third-order valence-corrected chi connectivity index (χ3v) is 6.64. The minimum absolute atomic E-state index is 0.434. The van der Waals surface area contributed by atoms with Crippen LogP contribution in [-0.2, 0) is 4.74 Å². The van der Waals surface area contributed by atoms with E-state index in [-0.39, 0.29) is 0 Å². The van der Waals surface area contributed by atoms with Gasteiger partial charge in [0.15, 0.2) is 0 Å². The molecule has 3 heteroatoms. The lowest BCUT2D eigenvalue weighted by Gasteiger charge is -2.41. The number of nitrogens with one attached hydrogen (secondary N) is 1. The first-order valence-corrected chi connectivity index (χ1v) is 9.47. The number of hydrogen-bond donors (Lipinski definition) is 1.